The number of hydrogen-bond acceptors (Lipinski definition) is 4. The van der Waals surface area contributed by atoms with Gasteiger partial charge in [-0.3, -0.25) is 9.69 Å². The third kappa shape index (κ3) is 5.90. The van der Waals surface area contributed by atoms with E-state index in [1.165, 1.54) is 17.7 Å². The number of nitrogens with zero attached hydrogens (tertiary/aromatic N) is 1. The molecular weight excluding hydrogens is 395 g/mol. The summed E-state index contributed by atoms with van der Waals surface area (Å²) in [5.41, 5.74) is 3.20. The van der Waals surface area contributed by atoms with Crippen molar-refractivity contribution < 1.29 is 18.7 Å². The molecule has 0 aliphatic carbocycles. The molecule has 0 spiro atoms. The molecule has 3 aromatic carbocycles. The molecule has 5 nitrogen and oxygen atoms in total. The van der Waals surface area contributed by atoms with Gasteiger partial charge in [-0.2, -0.15) is 0 Å². The van der Waals surface area contributed by atoms with Crippen molar-refractivity contribution in [2.24, 2.45) is 0 Å². The molecule has 1 heterocycles. The van der Waals surface area contributed by atoms with E-state index < -0.39 is 0 Å². The quantitative estimate of drug-likeness (QED) is 0.612. The van der Waals surface area contributed by atoms with Crippen LogP contribution in [0.2, 0.25) is 0 Å². The van der Waals surface area contributed by atoms with Gasteiger partial charge in [-0.15, -0.1) is 0 Å². The van der Waals surface area contributed by atoms with Crippen molar-refractivity contribution in [3.8, 4) is 5.75 Å². The molecule has 1 fully saturated rings. The lowest BCUT2D eigenvalue weighted by Gasteiger charge is -2.26. The Hall–Kier alpha value is -3.22. The molecule has 31 heavy (non-hydrogen) atoms. The maximum absolute atomic E-state index is 13.1. The van der Waals surface area contributed by atoms with E-state index in [1.54, 1.807) is 30.3 Å². The number of para-hydroxylation sites is 1. The lowest BCUT2D eigenvalue weighted by Crippen LogP contribution is -2.35. The smallest absolute Gasteiger partial charge is 0.259 e. The Bertz CT molecular complexity index is 1000. The average Bonchev–Trinajstić information content (AvgIpc) is 2.81. The van der Waals surface area contributed by atoms with Crippen molar-refractivity contribution in [2.45, 2.75) is 13.2 Å². The highest BCUT2D eigenvalue weighted by atomic mass is 19.1. The van der Waals surface area contributed by atoms with Crippen molar-refractivity contribution in [3.05, 3.63) is 95.3 Å². The predicted octanol–water partition coefficient (Wildman–Crippen LogP) is 4.49. The number of hydrogen-bond donors (Lipinski definition) is 1. The highest BCUT2D eigenvalue weighted by Gasteiger charge is 2.14. The van der Waals surface area contributed by atoms with Crippen molar-refractivity contribution in [3.63, 3.8) is 0 Å². The van der Waals surface area contributed by atoms with Crippen LogP contribution in [0.1, 0.15) is 21.5 Å². The van der Waals surface area contributed by atoms with E-state index in [9.17, 15) is 9.18 Å². The van der Waals surface area contributed by atoms with Gasteiger partial charge in [0, 0.05) is 25.3 Å². The van der Waals surface area contributed by atoms with E-state index in [0.717, 1.165) is 44.1 Å². The summed E-state index contributed by atoms with van der Waals surface area (Å²) in [7, 11) is 0. The second kappa shape index (κ2) is 10.2. The fourth-order valence-electron chi connectivity index (χ4n) is 3.43. The Morgan fingerprint density at radius 2 is 1.61 bits per heavy atom. The number of carbonyl (C=O) groups excluding carboxylic acids is 1. The third-order valence-electron chi connectivity index (χ3n) is 5.16. The predicted molar refractivity (Wildman–Crippen MR) is 118 cm³/mol. The van der Waals surface area contributed by atoms with E-state index in [2.05, 4.69) is 10.2 Å². The van der Waals surface area contributed by atoms with Gasteiger partial charge in [0.2, 0.25) is 0 Å². The zero-order valence-corrected chi connectivity index (χ0v) is 17.2. The van der Waals surface area contributed by atoms with Gasteiger partial charge in [-0.25, -0.2) is 4.39 Å². The van der Waals surface area contributed by atoms with Crippen LogP contribution >= 0.6 is 0 Å². The summed E-state index contributed by atoms with van der Waals surface area (Å²) >= 11 is 0. The molecular formula is C25H25FN2O3. The second-order valence-electron chi connectivity index (χ2n) is 7.45. The fraction of sp³-hybridized carbons (Fsp3) is 0.240. The number of amides is 1. The summed E-state index contributed by atoms with van der Waals surface area (Å²) in [6.45, 7) is 4.55. The normalized spacial score (nSPS) is 14.2. The Morgan fingerprint density at radius 3 is 2.35 bits per heavy atom. The van der Waals surface area contributed by atoms with E-state index in [1.807, 2.05) is 30.3 Å². The first-order valence-electron chi connectivity index (χ1n) is 10.3. The summed E-state index contributed by atoms with van der Waals surface area (Å²) in [5.74, 6) is -0.0524. The van der Waals surface area contributed by atoms with Crippen LogP contribution in [0.4, 0.5) is 10.1 Å². The third-order valence-corrected chi connectivity index (χ3v) is 5.16. The summed E-state index contributed by atoms with van der Waals surface area (Å²) in [6.07, 6.45) is 0. The molecule has 3 aromatic rings. The number of anilines is 1. The molecule has 6 heteroatoms. The van der Waals surface area contributed by atoms with E-state index in [4.69, 9.17) is 9.47 Å². The van der Waals surface area contributed by atoms with E-state index >= 15 is 0 Å². The first-order valence-corrected chi connectivity index (χ1v) is 10.3. The van der Waals surface area contributed by atoms with Crippen LogP contribution in [0.25, 0.3) is 0 Å². The van der Waals surface area contributed by atoms with Gasteiger partial charge in [0.25, 0.3) is 5.91 Å². The summed E-state index contributed by atoms with van der Waals surface area (Å²) in [6, 6.07) is 21.1. The Morgan fingerprint density at radius 1 is 0.935 bits per heavy atom. The van der Waals surface area contributed by atoms with Gasteiger partial charge in [0.1, 0.15) is 18.2 Å². The molecule has 1 aliphatic heterocycles. The number of benzene rings is 3. The Balaban J connectivity index is 1.37. The lowest BCUT2D eigenvalue weighted by atomic mass is 10.1. The molecule has 0 atom stereocenters. The molecule has 0 aromatic heterocycles. The first kappa shape index (κ1) is 21.0. The lowest BCUT2D eigenvalue weighted by molar-refractivity contribution is 0.0342. The molecule has 0 bridgehead atoms. The van der Waals surface area contributed by atoms with Crippen LogP contribution in [-0.4, -0.2) is 37.1 Å². The summed E-state index contributed by atoms with van der Waals surface area (Å²) in [5, 5.41) is 2.93. The van der Waals surface area contributed by atoms with Gasteiger partial charge >= 0.3 is 0 Å². The Labute approximate surface area is 181 Å². The molecule has 1 aliphatic rings. The first-order chi connectivity index (χ1) is 15.2. The number of ether oxygens (including phenoxy) is 2. The molecule has 0 radical (unpaired) electrons. The molecule has 0 saturated carbocycles. The van der Waals surface area contributed by atoms with Crippen LogP contribution in [0.15, 0.2) is 72.8 Å². The van der Waals surface area contributed by atoms with Gasteiger partial charge in [-0.05, 0) is 47.5 Å². The number of rotatable bonds is 7. The number of nitrogens with one attached hydrogen (secondary N) is 1. The van der Waals surface area contributed by atoms with Gasteiger partial charge in [0.05, 0.1) is 18.8 Å². The number of carbonyl (C=O) groups is 1. The molecule has 1 saturated heterocycles. The van der Waals surface area contributed by atoms with Crippen molar-refractivity contribution in [2.75, 3.05) is 31.6 Å². The molecule has 0 unspecified atom stereocenters. The zero-order valence-electron chi connectivity index (χ0n) is 17.2. The minimum absolute atomic E-state index is 0.240. The molecule has 160 valence electrons. The molecule has 4 rings (SSSR count). The largest absolute Gasteiger partial charge is 0.488 e. The highest BCUT2D eigenvalue weighted by Crippen LogP contribution is 2.21. The van der Waals surface area contributed by atoms with Crippen LogP contribution in [-0.2, 0) is 17.9 Å². The van der Waals surface area contributed by atoms with Crippen LogP contribution in [0.3, 0.4) is 0 Å². The van der Waals surface area contributed by atoms with Gasteiger partial charge in [0.15, 0.2) is 0 Å². The maximum Gasteiger partial charge on any atom is 0.259 e. The summed E-state index contributed by atoms with van der Waals surface area (Å²) in [4.78, 5) is 15.2. The number of morpholine rings is 1. The van der Waals surface area contributed by atoms with E-state index in [-0.39, 0.29) is 18.3 Å². The van der Waals surface area contributed by atoms with Crippen molar-refractivity contribution >= 4 is 11.6 Å². The fourth-order valence-corrected chi connectivity index (χ4v) is 3.43. The van der Waals surface area contributed by atoms with Crippen molar-refractivity contribution in [1.82, 2.24) is 4.90 Å². The highest BCUT2D eigenvalue weighted by molar-refractivity contribution is 6.06. The van der Waals surface area contributed by atoms with Crippen LogP contribution in [0, 0.1) is 5.82 Å². The Kier molecular flexibility index (Phi) is 6.92. The second-order valence-corrected chi connectivity index (χ2v) is 7.45. The van der Waals surface area contributed by atoms with Gasteiger partial charge < -0.3 is 14.8 Å². The SMILES string of the molecule is O=C(Nc1ccc(CN2CCOCC2)cc1)c1ccccc1OCc1ccc(F)cc1. The minimum atomic E-state index is -0.292. The standard InChI is InChI=1S/C25H25FN2O3/c26-21-9-5-20(6-10-21)18-31-24-4-2-1-3-23(24)25(29)27-22-11-7-19(8-12-22)17-28-13-15-30-16-14-28/h1-12H,13-18H2,(H,27,29). The summed E-state index contributed by atoms with van der Waals surface area (Å²) < 4.78 is 24.3. The molecule has 1 amide bonds. The zero-order chi connectivity index (χ0) is 21.5. The monoisotopic (exact) mass is 420 g/mol. The topological polar surface area (TPSA) is 50.8 Å². The maximum atomic E-state index is 13.1. The number of halogens is 1. The minimum Gasteiger partial charge on any atom is -0.488 e. The van der Waals surface area contributed by atoms with Crippen LogP contribution in [0.5, 0.6) is 5.75 Å². The van der Waals surface area contributed by atoms with Crippen LogP contribution < -0.4 is 10.1 Å². The van der Waals surface area contributed by atoms with Crippen molar-refractivity contribution in [1.29, 1.82) is 0 Å². The molecule has 1 N–H and O–H groups in total. The van der Waals surface area contributed by atoms with Gasteiger partial charge in [-0.1, -0.05) is 36.4 Å². The van der Waals surface area contributed by atoms with E-state index in [0.29, 0.717) is 11.3 Å². The average molecular weight is 420 g/mol.